The van der Waals surface area contributed by atoms with Gasteiger partial charge in [0.15, 0.2) is 0 Å². The molecule has 0 unspecified atom stereocenters. The molecule has 0 bridgehead atoms. The van der Waals surface area contributed by atoms with E-state index in [9.17, 15) is 9.59 Å². The Hall–Kier alpha value is -2.04. The van der Waals surface area contributed by atoms with Crippen LogP contribution in [0.1, 0.15) is 18.1 Å². The van der Waals surface area contributed by atoms with Gasteiger partial charge in [0.1, 0.15) is 0 Å². The highest BCUT2D eigenvalue weighted by atomic mass is 35.5. The second kappa shape index (κ2) is 8.88. The van der Waals surface area contributed by atoms with E-state index in [1.54, 1.807) is 12.1 Å². The fraction of sp³-hybridized carbons (Fsp3) is 0.263. The molecule has 0 fully saturated rings. The minimum atomic E-state index is -0.230. The van der Waals surface area contributed by atoms with Crippen LogP contribution < -0.4 is 5.32 Å². The smallest absolute Gasteiger partial charge is 0.244 e. The van der Waals surface area contributed by atoms with Crippen LogP contribution in [-0.4, -0.2) is 29.8 Å². The molecule has 0 spiro atoms. The summed E-state index contributed by atoms with van der Waals surface area (Å²) in [4.78, 5) is 25.6. The van der Waals surface area contributed by atoms with Crippen LogP contribution >= 0.6 is 23.2 Å². The van der Waals surface area contributed by atoms with Gasteiger partial charge in [-0.1, -0.05) is 47.5 Å². The summed E-state index contributed by atoms with van der Waals surface area (Å²) >= 11 is 12.0. The first-order valence-corrected chi connectivity index (χ1v) is 8.67. The Morgan fingerprint density at radius 3 is 2.48 bits per heavy atom. The summed E-state index contributed by atoms with van der Waals surface area (Å²) in [6.07, 6.45) is 0.549. The number of para-hydroxylation sites is 1. The van der Waals surface area contributed by atoms with Gasteiger partial charge >= 0.3 is 0 Å². The number of carbonyl (C=O) groups excluding carboxylic acids is 2. The van der Waals surface area contributed by atoms with Crippen molar-refractivity contribution in [3.63, 3.8) is 0 Å². The van der Waals surface area contributed by atoms with Crippen molar-refractivity contribution in [1.29, 1.82) is 0 Å². The van der Waals surface area contributed by atoms with Gasteiger partial charge in [-0.05, 0) is 42.7 Å². The van der Waals surface area contributed by atoms with E-state index in [0.717, 1.165) is 16.8 Å². The number of halogens is 2. The first kappa shape index (κ1) is 19.3. The van der Waals surface area contributed by atoms with Crippen LogP contribution in [-0.2, 0) is 16.0 Å². The maximum absolute atomic E-state index is 12.3. The molecule has 2 amide bonds. The number of anilines is 1. The number of carbonyl (C=O) groups is 2. The van der Waals surface area contributed by atoms with E-state index in [0.29, 0.717) is 23.0 Å². The number of aryl methyl sites for hydroxylation is 1. The Kier molecular flexibility index (Phi) is 6.85. The van der Waals surface area contributed by atoms with Crippen molar-refractivity contribution >= 4 is 40.7 Å². The summed E-state index contributed by atoms with van der Waals surface area (Å²) in [5.74, 6) is -0.392. The van der Waals surface area contributed by atoms with Crippen LogP contribution in [0.15, 0.2) is 42.5 Å². The van der Waals surface area contributed by atoms with Crippen LogP contribution in [0.4, 0.5) is 5.69 Å². The second-order valence-corrected chi connectivity index (χ2v) is 6.63. The third-order valence-corrected chi connectivity index (χ3v) is 4.45. The molecule has 0 aliphatic carbocycles. The topological polar surface area (TPSA) is 49.4 Å². The van der Waals surface area contributed by atoms with Crippen LogP contribution in [0.2, 0.25) is 10.0 Å². The normalized spacial score (nSPS) is 10.4. The molecule has 1 N–H and O–H groups in total. The van der Waals surface area contributed by atoms with Crippen LogP contribution in [0.25, 0.3) is 0 Å². The zero-order chi connectivity index (χ0) is 18.4. The van der Waals surface area contributed by atoms with Crippen molar-refractivity contribution in [3.05, 3.63) is 63.6 Å². The molecule has 2 aromatic carbocycles. The van der Waals surface area contributed by atoms with E-state index in [1.807, 2.05) is 37.3 Å². The minimum absolute atomic E-state index is 0.00508. The molecule has 0 aliphatic heterocycles. The van der Waals surface area contributed by atoms with Crippen LogP contribution in [0, 0.1) is 6.92 Å². The second-order valence-electron chi connectivity index (χ2n) is 5.79. The minimum Gasteiger partial charge on any atom is -0.333 e. The number of nitrogens with one attached hydrogen (secondary N) is 1. The van der Waals surface area contributed by atoms with Gasteiger partial charge in [0, 0.05) is 29.2 Å². The molecule has 2 rings (SSSR count). The maximum Gasteiger partial charge on any atom is 0.244 e. The van der Waals surface area contributed by atoms with Crippen molar-refractivity contribution in [2.45, 2.75) is 20.3 Å². The van der Waals surface area contributed by atoms with Crippen molar-refractivity contribution in [3.8, 4) is 0 Å². The Bertz CT molecular complexity index is 778. The van der Waals surface area contributed by atoms with Gasteiger partial charge in [-0.15, -0.1) is 0 Å². The summed E-state index contributed by atoms with van der Waals surface area (Å²) in [7, 11) is 0. The van der Waals surface area contributed by atoms with Gasteiger partial charge in [-0.25, -0.2) is 0 Å². The van der Waals surface area contributed by atoms with E-state index in [1.165, 1.54) is 11.8 Å². The molecule has 25 heavy (non-hydrogen) atoms. The van der Waals surface area contributed by atoms with E-state index in [4.69, 9.17) is 23.2 Å². The van der Waals surface area contributed by atoms with Gasteiger partial charge in [-0.3, -0.25) is 9.59 Å². The molecule has 0 atom stereocenters. The molecule has 132 valence electrons. The lowest BCUT2D eigenvalue weighted by Gasteiger charge is -2.21. The Morgan fingerprint density at radius 2 is 1.84 bits per heavy atom. The highest BCUT2D eigenvalue weighted by Gasteiger charge is 2.15. The molecule has 6 heteroatoms. The summed E-state index contributed by atoms with van der Waals surface area (Å²) in [6, 6.07) is 12.8. The zero-order valence-corrected chi connectivity index (χ0v) is 15.7. The molecular weight excluding hydrogens is 359 g/mol. The van der Waals surface area contributed by atoms with Crippen LogP contribution in [0.3, 0.4) is 0 Å². The predicted molar refractivity (Wildman–Crippen MR) is 102 cm³/mol. The highest BCUT2D eigenvalue weighted by molar-refractivity contribution is 6.35. The number of rotatable bonds is 6. The van der Waals surface area contributed by atoms with Gasteiger partial charge in [0.25, 0.3) is 0 Å². The van der Waals surface area contributed by atoms with Crippen molar-refractivity contribution in [1.82, 2.24) is 4.90 Å². The predicted octanol–water partition coefficient (Wildman–Crippen LogP) is 4.33. The van der Waals surface area contributed by atoms with Crippen molar-refractivity contribution < 1.29 is 9.59 Å². The summed E-state index contributed by atoms with van der Waals surface area (Å²) < 4.78 is 0. The van der Waals surface area contributed by atoms with E-state index < -0.39 is 0 Å². The molecule has 4 nitrogen and oxygen atoms in total. The number of benzene rings is 2. The third-order valence-electron chi connectivity index (χ3n) is 3.87. The number of hydrogen-bond donors (Lipinski definition) is 1. The van der Waals surface area contributed by atoms with Crippen molar-refractivity contribution in [2.24, 2.45) is 0 Å². The third kappa shape index (κ3) is 5.76. The Labute approximate surface area is 157 Å². The summed E-state index contributed by atoms with van der Waals surface area (Å²) in [6.45, 7) is 3.76. The first-order valence-electron chi connectivity index (χ1n) is 7.91. The zero-order valence-electron chi connectivity index (χ0n) is 14.2. The number of amides is 2. The number of hydrogen-bond acceptors (Lipinski definition) is 2. The fourth-order valence-electron chi connectivity index (χ4n) is 2.40. The monoisotopic (exact) mass is 378 g/mol. The average molecular weight is 379 g/mol. The van der Waals surface area contributed by atoms with Gasteiger partial charge < -0.3 is 10.2 Å². The Morgan fingerprint density at radius 1 is 1.12 bits per heavy atom. The van der Waals surface area contributed by atoms with Gasteiger partial charge in [0.2, 0.25) is 11.8 Å². The SMILES string of the molecule is CC(=O)N(CCc1ccc(Cl)cc1Cl)CC(=O)Nc1ccccc1C. The molecule has 2 aromatic rings. The summed E-state index contributed by atoms with van der Waals surface area (Å²) in [5.41, 5.74) is 2.60. The molecule has 0 aliphatic rings. The molecule has 0 aromatic heterocycles. The first-order chi connectivity index (χ1) is 11.9. The quantitative estimate of drug-likeness (QED) is 0.812. The standard InChI is InChI=1S/C19H20Cl2N2O2/c1-13-5-3-4-6-18(13)22-19(25)12-23(14(2)24)10-9-15-7-8-16(20)11-17(15)21/h3-8,11H,9-10,12H2,1-2H3,(H,22,25). The fourth-order valence-corrected chi connectivity index (χ4v) is 2.91. The highest BCUT2D eigenvalue weighted by Crippen LogP contribution is 2.21. The van der Waals surface area contributed by atoms with Crippen molar-refractivity contribution in [2.75, 3.05) is 18.4 Å². The van der Waals surface area contributed by atoms with Crippen LogP contribution in [0.5, 0.6) is 0 Å². The lowest BCUT2D eigenvalue weighted by Crippen LogP contribution is -2.38. The molecule has 0 radical (unpaired) electrons. The molecule has 0 saturated carbocycles. The van der Waals surface area contributed by atoms with E-state index in [2.05, 4.69) is 5.32 Å². The van der Waals surface area contributed by atoms with E-state index >= 15 is 0 Å². The lowest BCUT2D eigenvalue weighted by atomic mass is 10.1. The average Bonchev–Trinajstić information content (AvgIpc) is 2.54. The summed E-state index contributed by atoms with van der Waals surface area (Å²) in [5, 5.41) is 3.96. The lowest BCUT2D eigenvalue weighted by molar-refractivity contribution is -0.132. The van der Waals surface area contributed by atoms with Gasteiger partial charge in [0.05, 0.1) is 6.54 Å². The largest absolute Gasteiger partial charge is 0.333 e. The Balaban J connectivity index is 1.97. The molecular formula is C19H20Cl2N2O2. The van der Waals surface area contributed by atoms with E-state index in [-0.39, 0.29) is 18.4 Å². The molecule has 0 heterocycles. The molecule has 0 saturated heterocycles. The number of nitrogens with zero attached hydrogens (tertiary/aromatic N) is 1. The van der Waals surface area contributed by atoms with Gasteiger partial charge in [-0.2, -0.15) is 0 Å². The maximum atomic E-state index is 12.3.